The fourth-order valence-electron chi connectivity index (χ4n) is 13.9. The average Bonchev–Trinajstić information content (AvgIpc) is 1.14. The molecule has 0 aromatic heterocycles. The largest absolute Gasteiger partial charge is 0.477 e. The second-order valence-electron chi connectivity index (χ2n) is 31.9. The molecule has 0 saturated carbocycles. The van der Waals surface area contributed by atoms with Crippen molar-refractivity contribution >= 4 is 17.9 Å². The Kier molecular flexibility index (Phi) is 79.6. The highest BCUT2D eigenvalue weighted by atomic mass is 16.7. The first-order chi connectivity index (χ1) is 48.6. The number of likely N-dealkylation sites (N-methyl/N-ethyl adjacent to an activating group) is 1. The summed E-state index contributed by atoms with van der Waals surface area (Å²) >= 11 is 0. The van der Waals surface area contributed by atoms with Crippen LogP contribution in [-0.2, 0) is 33.3 Å². The van der Waals surface area contributed by atoms with Crippen LogP contribution in [0.15, 0.2) is 24.3 Å². The summed E-state index contributed by atoms with van der Waals surface area (Å²) in [6, 6.07) is 0. The molecule has 0 rings (SSSR count). The quantitative estimate of drug-likeness (QED) is 0.0211. The van der Waals surface area contributed by atoms with E-state index in [0.29, 0.717) is 17.4 Å². The zero-order chi connectivity index (χ0) is 71.8. The topological polar surface area (TPSA) is 108 Å². The van der Waals surface area contributed by atoms with Gasteiger partial charge in [0.15, 0.2) is 6.10 Å². The Hall–Kier alpha value is -2.23. The van der Waals surface area contributed by atoms with Gasteiger partial charge in [-0.1, -0.05) is 443 Å². The molecule has 0 saturated heterocycles. The maximum absolute atomic E-state index is 13.0. The van der Waals surface area contributed by atoms with Gasteiger partial charge in [-0.2, -0.15) is 0 Å². The second kappa shape index (κ2) is 81.4. The van der Waals surface area contributed by atoms with Crippen molar-refractivity contribution in [3.05, 3.63) is 24.3 Å². The van der Waals surface area contributed by atoms with E-state index in [-0.39, 0.29) is 38.2 Å². The molecule has 0 fully saturated rings. The highest BCUT2D eigenvalue weighted by molar-refractivity contribution is 5.71. The molecule has 2 atom stereocenters. The zero-order valence-electron chi connectivity index (χ0n) is 67.5. The molecule has 9 heteroatoms. The van der Waals surface area contributed by atoms with Crippen LogP contribution in [0.4, 0.5) is 0 Å². The van der Waals surface area contributed by atoms with Crippen LogP contribution in [-0.4, -0.2) is 87.4 Å². The standard InChI is InChI=1S/C90H173NO8/c1-6-8-10-12-14-16-18-20-22-24-26-28-30-32-34-36-38-40-42-43-44-45-47-49-51-53-55-57-59-61-63-65-67-69-71-73-75-77-79-81-88(93)99-86(85-98-90(89(94)95)96-83-82-91(3,4)5)84-97-87(92)80-78-76-74-72-70-68-66-64-62-60-58-56-54-52-50-48-46-41-39-37-35-33-31-29-27-25-23-21-19-17-15-13-11-9-7-2/h18,20,24,26,86,90H,6-17,19,21-23,25,27-85H2,1-5H3/p+1/b20-18-,26-24-. The van der Waals surface area contributed by atoms with Crippen LogP contribution in [0, 0.1) is 0 Å². The van der Waals surface area contributed by atoms with Gasteiger partial charge < -0.3 is 28.5 Å². The van der Waals surface area contributed by atoms with Gasteiger partial charge in [-0.15, -0.1) is 0 Å². The Morgan fingerprint density at radius 2 is 0.545 bits per heavy atom. The zero-order valence-corrected chi connectivity index (χ0v) is 67.5. The van der Waals surface area contributed by atoms with Gasteiger partial charge in [0.2, 0.25) is 0 Å². The van der Waals surface area contributed by atoms with Gasteiger partial charge in [0.05, 0.1) is 34.4 Å². The van der Waals surface area contributed by atoms with E-state index in [4.69, 9.17) is 18.9 Å². The predicted octanol–water partition coefficient (Wildman–Crippen LogP) is 28.8. The Balaban J connectivity index is 3.89. The predicted molar refractivity (Wildman–Crippen MR) is 429 cm³/mol. The van der Waals surface area contributed by atoms with Crippen LogP contribution in [0.25, 0.3) is 0 Å². The Labute approximate surface area is 618 Å². The number of carbonyl (C=O) groups is 3. The summed E-state index contributed by atoms with van der Waals surface area (Å²) in [4.78, 5) is 37.8. The Morgan fingerprint density at radius 3 is 0.798 bits per heavy atom. The van der Waals surface area contributed by atoms with Crippen molar-refractivity contribution in [3.63, 3.8) is 0 Å². The van der Waals surface area contributed by atoms with E-state index in [1.54, 1.807) is 0 Å². The number of allylic oxidation sites excluding steroid dienone is 4. The smallest absolute Gasteiger partial charge is 0.361 e. The molecule has 0 bridgehead atoms. The maximum atomic E-state index is 13.0. The average molecular weight is 1400 g/mol. The molecule has 0 amide bonds. The molecule has 0 spiro atoms. The molecule has 0 heterocycles. The van der Waals surface area contributed by atoms with Crippen molar-refractivity contribution in [2.24, 2.45) is 0 Å². The number of nitrogens with zero attached hydrogens (tertiary/aromatic N) is 1. The number of unbranched alkanes of at least 4 members (excludes halogenated alkanes) is 66. The first-order valence-electron chi connectivity index (χ1n) is 44.5. The van der Waals surface area contributed by atoms with E-state index >= 15 is 0 Å². The molecule has 0 aliphatic carbocycles. The molecular formula is C90H174NO8+. The molecule has 0 radical (unpaired) electrons. The van der Waals surface area contributed by atoms with Crippen molar-refractivity contribution in [2.45, 2.75) is 489 Å². The minimum Gasteiger partial charge on any atom is -0.477 e. The number of carbonyl (C=O) groups excluding carboxylic acids is 2. The van der Waals surface area contributed by atoms with Crippen molar-refractivity contribution in [1.82, 2.24) is 0 Å². The first-order valence-corrected chi connectivity index (χ1v) is 44.5. The van der Waals surface area contributed by atoms with E-state index < -0.39 is 18.4 Å². The molecule has 9 nitrogen and oxygen atoms in total. The molecule has 0 aliphatic rings. The van der Waals surface area contributed by atoms with Crippen LogP contribution in [0.1, 0.15) is 476 Å². The van der Waals surface area contributed by atoms with E-state index in [1.165, 1.54) is 405 Å². The van der Waals surface area contributed by atoms with Gasteiger partial charge in [-0.3, -0.25) is 9.59 Å². The van der Waals surface area contributed by atoms with Crippen LogP contribution in [0.2, 0.25) is 0 Å². The van der Waals surface area contributed by atoms with Crippen LogP contribution in [0.3, 0.4) is 0 Å². The minimum atomic E-state index is -1.51. The summed E-state index contributed by atoms with van der Waals surface area (Å²) in [5.41, 5.74) is 0. The van der Waals surface area contributed by atoms with Gasteiger partial charge in [-0.05, 0) is 44.9 Å². The highest BCUT2D eigenvalue weighted by Gasteiger charge is 2.25. The van der Waals surface area contributed by atoms with E-state index in [1.807, 2.05) is 21.1 Å². The molecule has 0 aliphatic heterocycles. The lowest BCUT2D eigenvalue weighted by Gasteiger charge is -2.25. The molecule has 1 N–H and O–H groups in total. The third kappa shape index (κ3) is 82.9. The van der Waals surface area contributed by atoms with E-state index in [0.717, 1.165) is 44.9 Å². The summed E-state index contributed by atoms with van der Waals surface area (Å²) in [6.07, 6.45) is 102. The molecule has 586 valence electrons. The second-order valence-corrected chi connectivity index (χ2v) is 31.9. The maximum Gasteiger partial charge on any atom is 0.361 e. The molecular weight excluding hydrogens is 1220 g/mol. The van der Waals surface area contributed by atoms with Crippen molar-refractivity contribution in [1.29, 1.82) is 0 Å². The SMILES string of the molecule is CCCCCCC/C=C\C/C=C\CCCCCCCCCCCCCCCCCCCCCCCCCCCCCC(=O)OC(COC(=O)CCCCCCCCCCCCCCCCCCCCCCCCCCCCCCCCCCCCC)COC(OCC[N+](C)(C)C)C(=O)O. The van der Waals surface area contributed by atoms with Crippen LogP contribution < -0.4 is 0 Å². The van der Waals surface area contributed by atoms with E-state index in [2.05, 4.69) is 38.2 Å². The third-order valence-electron chi connectivity index (χ3n) is 20.7. The van der Waals surface area contributed by atoms with Crippen LogP contribution >= 0.6 is 0 Å². The minimum absolute atomic E-state index is 0.173. The number of quaternary nitrogens is 1. The van der Waals surface area contributed by atoms with Gasteiger partial charge in [0, 0.05) is 12.8 Å². The summed E-state index contributed by atoms with van der Waals surface area (Å²) in [5, 5.41) is 9.79. The molecule has 2 unspecified atom stereocenters. The fraction of sp³-hybridized carbons (Fsp3) is 0.922. The van der Waals surface area contributed by atoms with E-state index in [9.17, 15) is 19.5 Å². The lowest BCUT2D eigenvalue weighted by Crippen LogP contribution is -2.40. The van der Waals surface area contributed by atoms with Gasteiger partial charge in [0.25, 0.3) is 6.29 Å². The Bertz CT molecular complexity index is 1680. The lowest BCUT2D eigenvalue weighted by molar-refractivity contribution is -0.870. The van der Waals surface area contributed by atoms with Gasteiger partial charge in [-0.25, -0.2) is 4.79 Å². The number of hydrogen-bond acceptors (Lipinski definition) is 7. The number of aliphatic carboxylic acids is 1. The molecule has 0 aromatic rings. The number of ether oxygens (including phenoxy) is 4. The van der Waals surface area contributed by atoms with Crippen molar-refractivity contribution in [2.75, 3.05) is 47.5 Å². The van der Waals surface area contributed by atoms with Crippen LogP contribution in [0.5, 0.6) is 0 Å². The van der Waals surface area contributed by atoms with Crippen molar-refractivity contribution < 1.29 is 42.9 Å². The van der Waals surface area contributed by atoms with Gasteiger partial charge in [0.1, 0.15) is 13.2 Å². The summed E-state index contributed by atoms with van der Waals surface area (Å²) in [6.45, 7) is 4.97. The highest BCUT2D eigenvalue weighted by Crippen LogP contribution is 2.21. The monoisotopic (exact) mass is 1400 g/mol. The summed E-state index contributed by atoms with van der Waals surface area (Å²) in [5.74, 6) is -1.96. The summed E-state index contributed by atoms with van der Waals surface area (Å²) in [7, 11) is 6.01. The number of carboxylic acids is 1. The van der Waals surface area contributed by atoms with Gasteiger partial charge >= 0.3 is 17.9 Å². The fourth-order valence-corrected chi connectivity index (χ4v) is 13.9. The summed E-state index contributed by atoms with van der Waals surface area (Å²) < 4.78 is 23.1. The number of carboxylic acid groups (broad SMARTS) is 1. The molecule has 99 heavy (non-hydrogen) atoms. The lowest BCUT2D eigenvalue weighted by atomic mass is 10.0. The Morgan fingerprint density at radius 1 is 0.303 bits per heavy atom. The normalized spacial score (nSPS) is 12.6. The molecule has 0 aromatic carbocycles. The third-order valence-corrected chi connectivity index (χ3v) is 20.7. The number of rotatable bonds is 85. The number of hydrogen-bond donors (Lipinski definition) is 1. The van der Waals surface area contributed by atoms with Crippen molar-refractivity contribution in [3.8, 4) is 0 Å². The first kappa shape index (κ1) is 96.8. The number of esters is 2.